The van der Waals surface area contributed by atoms with Gasteiger partial charge in [-0.25, -0.2) is 0 Å². The Hall–Kier alpha value is -0.160. The second-order valence-electron chi connectivity index (χ2n) is 3.79. The van der Waals surface area contributed by atoms with Crippen LogP contribution in [0, 0.1) is 0 Å². The fourth-order valence-corrected chi connectivity index (χ4v) is 1.92. The molecule has 2 atom stereocenters. The molecule has 0 aromatic rings. The SMILES string of the molecule is CCOCC(O)CN1CCCC1CO. The lowest BCUT2D eigenvalue weighted by Gasteiger charge is -2.25. The molecule has 4 heteroatoms. The van der Waals surface area contributed by atoms with Gasteiger partial charge in [0.15, 0.2) is 0 Å². The summed E-state index contributed by atoms with van der Waals surface area (Å²) in [5, 5.41) is 18.7. The maximum absolute atomic E-state index is 9.61. The fourth-order valence-electron chi connectivity index (χ4n) is 1.92. The third kappa shape index (κ3) is 3.53. The van der Waals surface area contributed by atoms with Crippen LogP contribution < -0.4 is 0 Å². The number of hydrogen-bond acceptors (Lipinski definition) is 4. The summed E-state index contributed by atoms with van der Waals surface area (Å²) >= 11 is 0. The van der Waals surface area contributed by atoms with Gasteiger partial charge in [0.1, 0.15) is 0 Å². The average molecular weight is 203 g/mol. The summed E-state index contributed by atoms with van der Waals surface area (Å²) in [5.74, 6) is 0. The molecule has 0 radical (unpaired) electrons. The zero-order chi connectivity index (χ0) is 10.4. The summed E-state index contributed by atoms with van der Waals surface area (Å²) < 4.78 is 5.14. The van der Waals surface area contributed by atoms with E-state index in [0.29, 0.717) is 19.8 Å². The molecule has 2 N–H and O–H groups in total. The molecular formula is C10H21NO3. The first-order valence-corrected chi connectivity index (χ1v) is 5.38. The highest BCUT2D eigenvalue weighted by Crippen LogP contribution is 2.16. The molecule has 4 nitrogen and oxygen atoms in total. The van der Waals surface area contributed by atoms with Crippen LogP contribution in [0.25, 0.3) is 0 Å². The van der Waals surface area contributed by atoms with E-state index in [4.69, 9.17) is 9.84 Å². The van der Waals surface area contributed by atoms with Crippen molar-refractivity contribution < 1.29 is 14.9 Å². The van der Waals surface area contributed by atoms with E-state index < -0.39 is 6.10 Å². The van der Waals surface area contributed by atoms with Gasteiger partial charge in [0, 0.05) is 19.2 Å². The van der Waals surface area contributed by atoms with E-state index in [1.807, 2.05) is 6.92 Å². The quantitative estimate of drug-likeness (QED) is 0.630. The van der Waals surface area contributed by atoms with Crippen molar-refractivity contribution in [3.05, 3.63) is 0 Å². The molecule has 1 aliphatic heterocycles. The number of rotatable bonds is 6. The van der Waals surface area contributed by atoms with E-state index >= 15 is 0 Å². The van der Waals surface area contributed by atoms with Gasteiger partial charge in [-0.15, -0.1) is 0 Å². The molecule has 0 saturated carbocycles. The molecule has 1 saturated heterocycles. The van der Waals surface area contributed by atoms with Crippen LogP contribution in [-0.2, 0) is 4.74 Å². The van der Waals surface area contributed by atoms with Gasteiger partial charge in [-0.3, -0.25) is 4.90 Å². The Morgan fingerprint density at radius 3 is 3.00 bits per heavy atom. The summed E-state index contributed by atoms with van der Waals surface area (Å²) in [5.41, 5.74) is 0. The van der Waals surface area contributed by atoms with Gasteiger partial charge in [0.25, 0.3) is 0 Å². The Kier molecular flexibility index (Phi) is 5.40. The highest BCUT2D eigenvalue weighted by atomic mass is 16.5. The fraction of sp³-hybridized carbons (Fsp3) is 1.00. The van der Waals surface area contributed by atoms with Crippen LogP contribution in [0.1, 0.15) is 19.8 Å². The van der Waals surface area contributed by atoms with Crippen LogP contribution in [0.3, 0.4) is 0 Å². The lowest BCUT2D eigenvalue weighted by atomic mass is 10.2. The number of ether oxygens (including phenoxy) is 1. The van der Waals surface area contributed by atoms with Gasteiger partial charge in [0.05, 0.1) is 19.3 Å². The van der Waals surface area contributed by atoms with Gasteiger partial charge in [0.2, 0.25) is 0 Å². The van der Waals surface area contributed by atoms with Gasteiger partial charge < -0.3 is 14.9 Å². The van der Waals surface area contributed by atoms with Gasteiger partial charge in [-0.05, 0) is 26.3 Å². The minimum Gasteiger partial charge on any atom is -0.395 e. The average Bonchev–Trinajstić information content (AvgIpc) is 2.62. The van der Waals surface area contributed by atoms with Crippen molar-refractivity contribution in [3.63, 3.8) is 0 Å². The second kappa shape index (κ2) is 6.35. The molecule has 84 valence electrons. The predicted octanol–water partition coefficient (Wildman–Crippen LogP) is -0.160. The zero-order valence-electron chi connectivity index (χ0n) is 8.85. The summed E-state index contributed by atoms with van der Waals surface area (Å²) in [7, 11) is 0. The smallest absolute Gasteiger partial charge is 0.0900 e. The number of likely N-dealkylation sites (tertiary alicyclic amines) is 1. The molecule has 1 rings (SSSR count). The minimum atomic E-state index is -0.429. The van der Waals surface area contributed by atoms with Crippen LogP contribution in [0.4, 0.5) is 0 Å². The molecule has 1 fully saturated rings. The lowest BCUT2D eigenvalue weighted by Crippen LogP contribution is -2.39. The van der Waals surface area contributed by atoms with Crippen molar-refractivity contribution in [1.82, 2.24) is 4.90 Å². The van der Waals surface area contributed by atoms with Crippen molar-refractivity contribution in [3.8, 4) is 0 Å². The largest absolute Gasteiger partial charge is 0.395 e. The summed E-state index contributed by atoms with van der Waals surface area (Å²) in [4.78, 5) is 2.14. The Morgan fingerprint density at radius 2 is 2.36 bits per heavy atom. The van der Waals surface area contributed by atoms with Gasteiger partial charge in [-0.1, -0.05) is 0 Å². The molecule has 0 aromatic heterocycles. The Labute approximate surface area is 85.5 Å². The predicted molar refractivity (Wildman–Crippen MR) is 54.2 cm³/mol. The van der Waals surface area contributed by atoms with Crippen molar-refractivity contribution in [2.75, 3.05) is 32.9 Å². The second-order valence-corrected chi connectivity index (χ2v) is 3.79. The maximum Gasteiger partial charge on any atom is 0.0900 e. The Bertz CT molecular complexity index is 154. The minimum absolute atomic E-state index is 0.196. The molecule has 0 bridgehead atoms. The van der Waals surface area contributed by atoms with E-state index in [-0.39, 0.29) is 12.6 Å². The third-order valence-corrected chi connectivity index (χ3v) is 2.67. The standard InChI is InChI=1S/C10H21NO3/c1-2-14-8-10(13)6-11-5-3-4-9(11)7-12/h9-10,12-13H,2-8H2,1H3. The van der Waals surface area contributed by atoms with Crippen LogP contribution in [0.5, 0.6) is 0 Å². The van der Waals surface area contributed by atoms with Crippen molar-refractivity contribution in [1.29, 1.82) is 0 Å². The van der Waals surface area contributed by atoms with E-state index in [1.54, 1.807) is 0 Å². The molecule has 14 heavy (non-hydrogen) atoms. The Morgan fingerprint density at radius 1 is 1.57 bits per heavy atom. The van der Waals surface area contributed by atoms with Crippen LogP contribution in [0.15, 0.2) is 0 Å². The van der Waals surface area contributed by atoms with Crippen molar-refractivity contribution >= 4 is 0 Å². The highest BCUT2D eigenvalue weighted by Gasteiger charge is 2.25. The van der Waals surface area contributed by atoms with Gasteiger partial charge >= 0.3 is 0 Å². The van der Waals surface area contributed by atoms with Crippen molar-refractivity contribution in [2.24, 2.45) is 0 Å². The molecule has 0 spiro atoms. The van der Waals surface area contributed by atoms with Crippen LogP contribution in [0.2, 0.25) is 0 Å². The molecule has 2 unspecified atom stereocenters. The number of hydrogen-bond donors (Lipinski definition) is 2. The summed E-state index contributed by atoms with van der Waals surface area (Å²) in [6, 6.07) is 0.242. The number of aliphatic hydroxyl groups excluding tert-OH is 2. The molecular weight excluding hydrogens is 182 g/mol. The molecule has 1 heterocycles. The Balaban J connectivity index is 2.21. The highest BCUT2D eigenvalue weighted by molar-refractivity contribution is 4.80. The number of nitrogens with zero attached hydrogens (tertiary/aromatic N) is 1. The monoisotopic (exact) mass is 203 g/mol. The summed E-state index contributed by atoms with van der Waals surface area (Å²) in [6.07, 6.45) is 1.73. The molecule has 0 aliphatic carbocycles. The normalized spacial score (nSPS) is 25.5. The van der Waals surface area contributed by atoms with E-state index in [0.717, 1.165) is 19.4 Å². The first-order chi connectivity index (χ1) is 6.77. The number of aliphatic hydroxyl groups is 2. The van der Waals surface area contributed by atoms with E-state index in [2.05, 4.69) is 4.90 Å². The molecule has 0 amide bonds. The topological polar surface area (TPSA) is 52.9 Å². The zero-order valence-corrected chi connectivity index (χ0v) is 8.85. The number of β-amino-alcohol motifs (C(OH)–C–C–N with tert-alkyl or cyclic N) is 1. The van der Waals surface area contributed by atoms with Crippen LogP contribution >= 0.6 is 0 Å². The first kappa shape index (κ1) is 11.9. The first-order valence-electron chi connectivity index (χ1n) is 5.38. The lowest BCUT2D eigenvalue weighted by molar-refractivity contribution is 0.0140. The van der Waals surface area contributed by atoms with Gasteiger partial charge in [-0.2, -0.15) is 0 Å². The molecule has 0 aromatic carbocycles. The van der Waals surface area contributed by atoms with E-state index in [9.17, 15) is 5.11 Å². The summed E-state index contributed by atoms with van der Waals surface area (Å²) in [6.45, 7) is 4.74. The molecule has 1 aliphatic rings. The van der Waals surface area contributed by atoms with Crippen LogP contribution in [-0.4, -0.2) is 60.2 Å². The maximum atomic E-state index is 9.61. The third-order valence-electron chi connectivity index (χ3n) is 2.67. The van der Waals surface area contributed by atoms with E-state index in [1.165, 1.54) is 0 Å². The van der Waals surface area contributed by atoms with Crippen molar-refractivity contribution in [2.45, 2.75) is 31.9 Å².